The Balaban J connectivity index is 2.02. The van der Waals surface area contributed by atoms with Crippen LogP contribution < -0.4 is 5.32 Å². The van der Waals surface area contributed by atoms with Crippen LogP contribution in [-0.4, -0.2) is 21.8 Å². The van der Waals surface area contributed by atoms with Gasteiger partial charge >= 0.3 is 0 Å². The highest BCUT2D eigenvalue weighted by Gasteiger charge is 2.24. The Bertz CT molecular complexity index is 563. The van der Waals surface area contributed by atoms with Gasteiger partial charge in [0.25, 0.3) is 0 Å². The number of nitrogens with one attached hydrogen (secondary N) is 2. The van der Waals surface area contributed by atoms with Crippen molar-refractivity contribution < 1.29 is 9.50 Å². The molecule has 5 heteroatoms. The first-order valence-electron chi connectivity index (χ1n) is 6.62. The molecule has 1 heterocycles. The molecule has 0 bridgehead atoms. The quantitative estimate of drug-likeness (QED) is 0.786. The van der Waals surface area contributed by atoms with Gasteiger partial charge in [0, 0.05) is 23.8 Å². The zero-order valence-electron chi connectivity index (χ0n) is 11.9. The predicted molar refractivity (Wildman–Crippen MR) is 75.7 cm³/mol. The van der Waals surface area contributed by atoms with Crippen LogP contribution in [0.25, 0.3) is 0 Å². The van der Waals surface area contributed by atoms with E-state index < -0.39 is 5.60 Å². The number of benzene rings is 1. The minimum Gasteiger partial charge on any atom is -0.384 e. The molecule has 0 aliphatic heterocycles. The molecule has 2 atom stereocenters. The van der Waals surface area contributed by atoms with E-state index in [0.717, 1.165) is 11.3 Å². The Morgan fingerprint density at radius 3 is 2.60 bits per heavy atom. The van der Waals surface area contributed by atoms with Gasteiger partial charge in [-0.2, -0.15) is 5.10 Å². The maximum absolute atomic E-state index is 12.9. The summed E-state index contributed by atoms with van der Waals surface area (Å²) >= 11 is 0. The number of hydrogen-bond acceptors (Lipinski definition) is 3. The van der Waals surface area contributed by atoms with Gasteiger partial charge in [0.05, 0.1) is 11.8 Å². The van der Waals surface area contributed by atoms with Gasteiger partial charge in [0.1, 0.15) is 5.82 Å². The van der Waals surface area contributed by atoms with Crippen molar-refractivity contribution in [1.82, 2.24) is 15.5 Å². The average molecular weight is 277 g/mol. The minimum absolute atomic E-state index is 0.0701. The summed E-state index contributed by atoms with van der Waals surface area (Å²) in [5.41, 5.74) is 1.70. The van der Waals surface area contributed by atoms with Crippen molar-refractivity contribution in [3.63, 3.8) is 0 Å². The van der Waals surface area contributed by atoms with Crippen LogP contribution in [0.4, 0.5) is 4.39 Å². The number of halogens is 1. The Morgan fingerprint density at radius 1 is 1.40 bits per heavy atom. The summed E-state index contributed by atoms with van der Waals surface area (Å²) in [7, 11) is 0. The number of H-pyrrole nitrogens is 1. The van der Waals surface area contributed by atoms with Gasteiger partial charge in [-0.1, -0.05) is 12.1 Å². The second kappa shape index (κ2) is 5.73. The maximum atomic E-state index is 12.9. The second-order valence-corrected chi connectivity index (χ2v) is 5.33. The van der Waals surface area contributed by atoms with Crippen molar-refractivity contribution in [2.45, 2.75) is 32.4 Å². The van der Waals surface area contributed by atoms with Gasteiger partial charge in [-0.05, 0) is 38.5 Å². The van der Waals surface area contributed by atoms with Gasteiger partial charge in [-0.15, -0.1) is 0 Å². The molecule has 20 heavy (non-hydrogen) atoms. The van der Waals surface area contributed by atoms with Crippen LogP contribution in [0.3, 0.4) is 0 Å². The van der Waals surface area contributed by atoms with Crippen LogP contribution in [0.5, 0.6) is 0 Å². The van der Waals surface area contributed by atoms with E-state index in [1.807, 2.05) is 13.8 Å². The van der Waals surface area contributed by atoms with Gasteiger partial charge in [-0.3, -0.25) is 5.10 Å². The first kappa shape index (κ1) is 14.7. The number of aromatic nitrogens is 2. The molecule has 2 rings (SSSR count). The predicted octanol–water partition coefficient (Wildman–Crippen LogP) is 2.42. The van der Waals surface area contributed by atoms with E-state index in [9.17, 15) is 9.50 Å². The lowest BCUT2D eigenvalue weighted by atomic mass is 9.95. The topological polar surface area (TPSA) is 60.9 Å². The lowest BCUT2D eigenvalue weighted by Crippen LogP contribution is -2.36. The van der Waals surface area contributed by atoms with Crippen LogP contribution in [0.15, 0.2) is 30.5 Å². The fourth-order valence-corrected chi connectivity index (χ4v) is 2.17. The summed E-state index contributed by atoms with van der Waals surface area (Å²) in [6.45, 7) is 6.05. The monoisotopic (exact) mass is 277 g/mol. The molecule has 0 radical (unpaired) electrons. The summed E-state index contributed by atoms with van der Waals surface area (Å²) in [5, 5.41) is 20.6. The molecule has 0 aliphatic rings. The maximum Gasteiger partial charge on any atom is 0.123 e. The van der Waals surface area contributed by atoms with Crippen LogP contribution in [0.1, 0.15) is 36.7 Å². The number of aliphatic hydroxyl groups is 1. The van der Waals surface area contributed by atoms with Crippen molar-refractivity contribution in [1.29, 1.82) is 0 Å². The number of nitrogens with zero attached hydrogens (tertiary/aromatic N) is 1. The summed E-state index contributed by atoms with van der Waals surface area (Å²) in [5.74, 6) is -0.306. The van der Waals surface area contributed by atoms with E-state index in [0.29, 0.717) is 12.1 Å². The molecule has 0 saturated carbocycles. The van der Waals surface area contributed by atoms with Crippen molar-refractivity contribution in [2.24, 2.45) is 0 Å². The van der Waals surface area contributed by atoms with Crippen molar-refractivity contribution >= 4 is 0 Å². The first-order chi connectivity index (χ1) is 9.40. The van der Waals surface area contributed by atoms with Crippen molar-refractivity contribution in [3.05, 3.63) is 53.1 Å². The van der Waals surface area contributed by atoms with Crippen molar-refractivity contribution in [2.75, 3.05) is 6.54 Å². The summed E-state index contributed by atoms with van der Waals surface area (Å²) < 4.78 is 12.9. The Kier molecular flexibility index (Phi) is 4.20. The molecule has 2 aromatic rings. The summed E-state index contributed by atoms with van der Waals surface area (Å²) in [4.78, 5) is 0. The normalized spacial score (nSPS) is 15.8. The van der Waals surface area contributed by atoms with Crippen LogP contribution >= 0.6 is 0 Å². The molecular formula is C15H20FN3O. The number of aromatic amines is 1. The van der Waals surface area contributed by atoms with E-state index in [1.165, 1.54) is 12.1 Å². The molecule has 2 unspecified atom stereocenters. The lowest BCUT2D eigenvalue weighted by Gasteiger charge is -2.26. The molecule has 3 N–H and O–H groups in total. The number of rotatable bonds is 5. The average Bonchev–Trinajstić information content (AvgIpc) is 2.83. The molecule has 0 fully saturated rings. The molecule has 0 amide bonds. The third-order valence-corrected chi connectivity index (χ3v) is 3.55. The minimum atomic E-state index is -1.06. The second-order valence-electron chi connectivity index (χ2n) is 5.33. The molecule has 0 spiro atoms. The van der Waals surface area contributed by atoms with E-state index in [1.54, 1.807) is 25.3 Å². The van der Waals surface area contributed by atoms with E-state index in [4.69, 9.17) is 0 Å². The Hall–Kier alpha value is -1.72. The van der Waals surface area contributed by atoms with Crippen LogP contribution in [-0.2, 0) is 5.60 Å². The summed E-state index contributed by atoms with van der Waals surface area (Å²) in [6, 6.07) is 5.98. The summed E-state index contributed by atoms with van der Waals surface area (Å²) in [6.07, 6.45) is 1.78. The SMILES string of the molecule is Cc1[nH]ncc1C(C)NCC(C)(O)c1ccc(F)cc1. The van der Waals surface area contributed by atoms with E-state index in [2.05, 4.69) is 15.5 Å². The molecule has 1 aromatic carbocycles. The van der Waals surface area contributed by atoms with Gasteiger partial charge < -0.3 is 10.4 Å². The van der Waals surface area contributed by atoms with Crippen molar-refractivity contribution in [3.8, 4) is 0 Å². The third kappa shape index (κ3) is 3.23. The highest BCUT2D eigenvalue weighted by atomic mass is 19.1. The van der Waals surface area contributed by atoms with E-state index in [-0.39, 0.29) is 11.9 Å². The highest BCUT2D eigenvalue weighted by molar-refractivity contribution is 5.23. The number of hydrogen-bond donors (Lipinski definition) is 3. The van der Waals surface area contributed by atoms with Gasteiger partial charge in [-0.25, -0.2) is 4.39 Å². The third-order valence-electron chi connectivity index (χ3n) is 3.55. The number of aryl methyl sites for hydroxylation is 1. The van der Waals surface area contributed by atoms with Crippen LogP contribution in [0.2, 0.25) is 0 Å². The molecule has 1 aromatic heterocycles. The van der Waals surface area contributed by atoms with Crippen LogP contribution in [0, 0.1) is 12.7 Å². The fraction of sp³-hybridized carbons (Fsp3) is 0.400. The Morgan fingerprint density at radius 2 is 2.05 bits per heavy atom. The van der Waals surface area contributed by atoms with Gasteiger partial charge in [0.15, 0.2) is 0 Å². The molecular weight excluding hydrogens is 257 g/mol. The van der Waals surface area contributed by atoms with E-state index >= 15 is 0 Å². The smallest absolute Gasteiger partial charge is 0.123 e. The molecule has 108 valence electrons. The highest BCUT2D eigenvalue weighted by Crippen LogP contribution is 2.22. The molecule has 0 aliphatic carbocycles. The zero-order valence-corrected chi connectivity index (χ0v) is 11.9. The first-order valence-corrected chi connectivity index (χ1v) is 6.62. The lowest BCUT2D eigenvalue weighted by molar-refractivity contribution is 0.0543. The molecule has 0 saturated heterocycles. The largest absolute Gasteiger partial charge is 0.384 e. The molecule has 4 nitrogen and oxygen atoms in total. The standard InChI is InChI=1S/C15H20FN3O/c1-10(14-8-18-19-11(14)2)17-9-15(3,20)12-4-6-13(16)7-5-12/h4-8,10,17,20H,9H2,1-3H3,(H,18,19). The van der Waals surface area contributed by atoms with Gasteiger partial charge in [0.2, 0.25) is 0 Å². The fourth-order valence-electron chi connectivity index (χ4n) is 2.17. The Labute approximate surface area is 118 Å². The zero-order chi connectivity index (χ0) is 14.8.